The molecule has 28 heavy (non-hydrogen) atoms. The summed E-state index contributed by atoms with van der Waals surface area (Å²) >= 11 is 1.41. The normalized spacial score (nSPS) is 16.8. The van der Waals surface area contributed by atoms with E-state index >= 15 is 0 Å². The Morgan fingerprint density at radius 3 is 2.79 bits per heavy atom. The van der Waals surface area contributed by atoms with E-state index in [4.69, 9.17) is 10.7 Å². The molecule has 4 rings (SSSR count). The summed E-state index contributed by atoms with van der Waals surface area (Å²) in [5.41, 5.74) is 10.5. The van der Waals surface area contributed by atoms with Crippen LogP contribution >= 0.6 is 11.3 Å². The van der Waals surface area contributed by atoms with E-state index in [9.17, 15) is 4.79 Å². The molecule has 1 atom stereocenters. The highest BCUT2D eigenvalue weighted by Crippen LogP contribution is 2.38. The number of aryl methyl sites for hydroxylation is 1. The molecule has 0 radical (unpaired) electrons. The van der Waals surface area contributed by atoms with Crippen LogP contribution < -0.4 is 11.1 Å². The van der Waals surface area contributed by atoms with Crippen LogP contribution in [0, 0.1) is 0 Å². The third kappa shape index (κ3) is 3.51. The number of benzene rings is 1. The van der Waals surface area contributed by atoms with Crippen molar-refractivity contribution in [1.29, 1.82) is 0 Å². The number of pyridine rings is 1. The van der Waals surface area contributed by atoms with Crippen molar-refractivity contribution in [3.05, 3.63) is 58.1 Å². The molecule has 3 aromatic rings. The number of nitrogen functional groups attached to an aromatic ring is 1. The quantitative estimate of drug-likeness (QED) is 0.650. The molecular formula is C23H27N3OS. The Bertz CT molecular complexity index is 1020. The number of thiophene rings is 1. The first-order valence-corrected chi connectivity index (χ1v) is 10.8. The molecule has 146 valence electrons. The fourth-order valence-electron chi connectivity index (χ4n) is 3.82. The molecular weight excluding hydrogens is 366 g/mol. The van der Waals surface area contributed by atoms with Gasteiger partial charge >= 0.3 is 0 Å². The Morgan fingerprint density at radius 1 is 1.32 bits per heavy atom. The van der Waals surface area contributed by atoms with Crippen LogP contribution in [0.25, 0.3) is 10.2 Å². The first-order valence-electron chi connectivity index (χ1n) is 9.96. The number of aromatic nitrogens is 1. The Labute approximate surface area is 170 Å². The molecule has 3 N–H and O–H groups in total. The van der Waals surface area contributed by atoms with Gasteiger partial charge in [-0.1, -0.05) is 37.3 Å². The molecule has 1 aliphatic carbocycles. The zero-order chi connectivity index (χ0) is 19.9. The van der Waals surface area contributed by atoms with Gasteiger partial charge in [0.2, 0.25) is 0 Å². The second-order valence-corrected chi connectivity index (χ2v) is 9.33. The number of nitrogens with zero attached hydrogens (tertiary/aromatic N) is 1. The lowest BCUT2D eigenvalue weighted by Crippen LogP contribution is -2.42. The van der Waals surface area contributed by atoms with Crippen molar-refractivity contribution in [3.63, 3.8) is 0 Å². The molecule has 5 heteroatoms. The molecule has 0 saturated heterocycles. The molecule has 0 spiro atoms. The van der Waals surface area contributed by atoms with Crippen LogP contribution in [0.1, 0.15) is 66.0 Å². The summed E-state index contributed by atoms with van der Waals surface area (Å²) < 4.78 is 0. The average molecular weight is 394 g/mol. The van der Waals surface area contributed by atoms with Crippen LogP contribution in [-0.2, 0) is 12.8 Å². The maximum absolute atomic E-state index is 12.8. The van der Waals surface area contributed by atoms with Crippen LogP contribution in [0.4, 0.5) is 5.69 Å². The minimum absolute atomic E-state index is 0.104. The highest BCUT2D eigenvalue weighted by atomic mass is 32.1. The summed E-state index contributed by atoms with van der Waals surface area (Å²) in [5, 5.41) is 4.00. The van der Waals surface area contributed by atoms with Crippen molar-refractivity contribution < 1.29 is 4.79 Å². The molecule has 0 aliphatic heterocycles. The number of rotatable bonds is 4. The maximum Gasteiger partial charge on any atom is 0.263 e. The van der Waals surface area contributed by atoms with Gasteiger partial charge in [-0.05, 0) is 62.6 Å². The summed E-state index contributed by atoms with van der Waals surface area (Å²) in [6, 6.07) is 12.8. The summed E-state index contributed by atoms with van der Waals surface area (Å²) in [7, 11) is 0. The Kier molecular flexibility index (Phi) is 4.88. The fourth-order valence-corrected chi connectivity index (χ4v) is 4.81. The van der Waals surface area contributed by atoms with Gasteiger partial charge in [0.25, 0.3) is 5.91 Å². The van der Waals surface area contributed by atoms with E-state index < -0.39 is 0 Å². The molecule has 4 nitrogen and oxygen atoms in total. The largest absolute Gasteiger partial charge is 0.397 e. The van der Waals surface area contributed by atoms with Crippen LogP contribution in [0.2, 0.25) is 0 Å². The van der Waals surface area contributed by atoms with Gasteiger partial charge in [0, 0.05) is 16.6 Å². The lowest BCUT2D eigenvalue weighted by Gasteiger charge is -2.24. The summed E-state index contributed by atoms with van der Waals surface area (Å²) in [6.45, 7) is 6.11. The van der Waals surface area contributed by atoms with E-state index in [1.807, 2.05) is 13.8 Å². The highest BCUT2D eigenvalue weighted by Gasteiger charge is 2.26. The molecule has 0 bridgehead atoms. The zero-order valence-electron chi connectivity index (χ0n) is 16.7. The summed E-state index contributed by atoms with van der Waals surface area (Å²) in [4.78, 5) is 19.1. The Balaban J connectivity index is 1.66. The standard InChI is InChI=1S/C23H27N3OS/c1-4-23(2,3)26-21(27)20-19(24)17-13-16-12-15(14-8-6-5-7-9-14)10-11-18(16)25-22(17)28-20/h5-9,13,15H,4,10-12,24H2,1-3H3,(H,26,27). The smallest absolute Gasteiger partial charge is 0.263 e. The van der Waals surface area contributed by atoms with Crippen molar-refractivity contribution in [2.24, 2.45) is 0 Å². The second-order valence-electron chi connectivity index (χ2n) is 8.33. The van der Waals surface area contributed by atoms with Gasteiger partial charge in [0.15, 0.2) is 0 Å². The lowest BCUT2D eigenvalue weighted by molar-refractivity contribution is 0.0916. The van der Waals surface area contributed by atoms with Gasteiger partial charge in [-0.25, -0.2) is 4.98 Å². The van der Waals surface area contributed by atoms with Gasteiger partial charge in [0.1, 0.15) is 9.71 Å². The van der Waals surface area contributed by atoms with E-state index in [0.29, 0.717) is 16.5 Å². The van der Waals surface area contributed by atoms with E-state index in [2.05, 4.69) is 48.6 Å². The maximum atomic E-state index is 12.8. The van der Waals surface area contributed by atoms with Crippen LogP contribution in [0.5, 0.6) is 0 Å². The monoisotopic (exact) mass is 393 g/mol. The predicted molar refractivity (Wildman–Crippen MR) is 117 cm³/mol. The van der Waals surface area contributed by atoms with Crippen molar-refractivity contribution in [2.75, 3.05) is 5.73 Å². The van der Waals surface area contributed by atoms with Crippen molar-refractivity contribution in [3.8, 4) is 0 Å². The molecule has 0 fully saturated rings. The molecule has 0 saturated carbocycles. The van der Waals surface area contributed by atoms with Crippen LogP contribution in [-0.4, -0.2) is 16.4 Å². The Hall–Kier alpha value is -2.40. The minimum atomic E-state index is -0.255. The highest BCUT2D eigenvalue weighted by molar-refractivity contribution is 7.21. The number of nitrogens with one attached hydrogen (secondary N) is 1. The first-order chi connectivity index (χ1) is 13.4. The lowest BCUT2D eigenvalue weighted by atomic mass is 9.82. The Morgan fingerprint density at radius 2 is 2.07 bits per heavy atom. The zero-order valence-corrected chi connectivity index (χ0v) is 17.5. The van der Waals surface area contributed by atoms with Crippen LogP contribution in [0.3, 0.4) is 0 Å². The van der Waals surface area contributed by atoms with E-state index in [1.54, 1.807) is 0 Å². The average Bonchev–Trinajstić information content (AvgIpc) is 3.02. The van der Waals surface area contributed by atoms with Crippen molar-refractivity contribution in [2.45, 2.75) is 57.9 Å². The fraction of sp³-hybridized carbons (Fsp3) is 0.391. The van der Waals surface area contributed by atoms with E-state index in [-0.39, 0.29) is 11.4 Å². The van der Waals surface area contributed by atoms with E-state index in [1.165, 1.54) is 22.5 Å². The minimum Gasteiger partial charge on any atom is -0.397 e. The summed E-state index contributed by atoms with van der Waals surface area (Å²) in [6.07, 6.45) is 3.90. The number of nitrogens with two attached hydrogens (primary N) is 1. The molecule has 2 heterocycles. The summed E-state index contributed by atoms with van der Waals surface area (Å²) in [5.74, 6) is 0.411. The molecule has 1 aromatic carbocycles. The first kappa shape index (κ1) is 18.9. The number of hydrogen-bond donors (Lipinski definition) is 2. The molecule has 1 unspecified atom stereocenters. The third-order valence-corrected chi connectivity index (χ3v) is 7.01. The van der Waals surface area contributed by atoms with E-state index in [0.717, 1.165) is 41.6 Å². The van der Waals surface area contributed by atoms with Gasteiger partial charge in [-0.15, -0.1) is 11.3 Å². The number of fused-ring (bicyclic) bond motifs is 2. The number of anilines is 1. The third-order valence-electron chi connectivity index (χ3n) is 5.90. The van der Waals surface area contributed by atoms with Gasteiger partial charge in [0.05, 0.1) is 5.69 Å². The number of amides is 1. The molecule has 1 amide bonds. The topological polar surface area (TPSA) is 68.0 Å². The predicted octanol–water partition coefficient (Wildman–Crippen LogP) is 5.07. The number of hydrogen-bond acceptors (Lipinski definition) is 4. The SMILES string of the molecule is CCC(C)(C)NC(=O)c1sc2nc3c(cc2c1N)CC(c1ccccc1)CC3. The van der Waals surface area contributed by atoms with Crippen molar-refractivity contribution in [1.82, 2.24) is 10.3 Å². The molecule has 2 aromatic heterocycles. The second kappa shape index (κ2) is 7.21. The number of carbonyl (C=O) groups is 1. The van der Waals surface area contributed by atoms with Gasteiger partial charge in [-0.3, -0.25) is 4.79 Å². The number of carbonyl (C=O) groups excluding carboxylic acids is 1. The van der Waals surface area contributed by atoms with Crippen LogP contribution in [0.15, 0.2) is 36.4 Å². The van der Waals surface area contributed by atoms with Gasteiger partial charge < -0.3 is 11.1 Å². The van der Waals surface area contributed by atoms with Gasteiger partial charge in [-0.2, -0.15) is 0 Å². The van der Waals surface area contributed by atoms with Crippen molar-refractivity contribution >= 4 is 33.1 Å². The molecule has 1 aliphatic rings.